The van der Waals surface area contributed by atoms with Gasteiger partial charge in [-0.25, -0.2) is 14.5 Å². The van der Waals surface area contributed by atoms with Gasteiger partial charge in [0.2, 0.25) is 0 Å². The lowest BCUT2D eigenvalue weighted by atomic mass is 10.2. The SMILES string of the molecule is COc1cccc(CNC(=O)Nc2ccc(-n3cccn3)nc2)c1. The van der Waals surface area contributed by atoms with Gasteiger partial charge in [0.25, 0.3) is 0 Å². The summed E-state index contributed by atoms with van der Waals surface area (Å²) in [5, 5.41) is 9.63. The van der Waals surface area contributed by atoms with Crippen molar-refractivity contribution in [2.24, 2.45) is 0 Å². The minimum absolute atomic E-state index is 0.300. The Balaban J connectivity index is 1.54. The summed E-state index contributed by atoms with van der Waals surface area (Å²) >= 11 is 0. The van der Waals surface area contributed by atoms with Crippen LogP contribution in [0.25, 0.3) is 5.82 Å². The highest BCUT2D eigenvalue weighted by Gasteiger charge is 2.04. The van der Waals surface area contributed by atoms with Gasteiger partial charge in [-0.05, 0) is 35.9 Å². The summed E-state index contributed by atoms with van der Waals surface area (Å²) in [5.74, 6) is 1.44. The zero-order valence-corrected chi connectivity index (χ0v) is 13.1. The molecule has 0 bridgehead atoms. The Bertz CT molecular complexity index is 800. The molecule has 24 heavy (non-hydrogen) atoms. The first kappa shape index (κ1) is 15.5. The van der Waals surface area contributed by atoms with Gasteiger partial charge < -0.3 is 15.4 Å². The third-order valence-corrected chi connectivity index (χ3v) is 3.33. The maximum absolute atomic E-state index is 12.0. The molecule has 7 nitrogen and oxygen atoms in total. The van der Waals surface area contributed by atoms with Gasteiger partial charge >= 0.3 is 6.03 Å². The molecule has 2 heterocycles. The second-order valence-electron chi connectivity index (χ2n) is 5.01. The molecule has 7 heteroatoms. The van der Waals surface area contributed by atoms with Crippen LogP contribution in [0.4, 0.5) is 10.5 Å². The number of urea groups is 1. The van der Waals surface area contributed by atoms with Crippen molar-refractivity contribution in [2.45, 2.75) is 6.54 Å². The monoisotopic (exact) mass is 323 g/mol. The second kappa shape index (κ2) is 7.28. The molecule has 3 aromatic rings. The number of benzene rings is 1. The first-order valence-corrected chi connectivity index (χ1v) is 7.38. The zero-order chi connectivity index (χ0) is 16.8. The Morgan fingerprint density at radius 1 is 1.25 bits per heavy atom. The van der Waals surface area contributed by atoms with Crippen LogP contribution in [-0.4, -0.2) is 27.9 Å². The van der Waals surface area contributed by atoms with E-state index < -0.39 is 0 Å². The quantitative estimate of drug-likeness (QED) is 0.756. The molecular formula is C17H17N5O2. The van der Waals surface area contributed by atoms with Crippen molar-refractivity contribution < 1.29 is 9.53 Å². The molecule has 0 atom stereocenters. The lowest BCUT2D eigenvalue weighted by Gasteiger charge is -2.09. The number of anilines is 1. The van der Waals surface area contributed by atoms with Crippen molar-refractivity contribution in [1.29, 1.82) is 0 Å². The van der Waals surface area contributed by atoms with Crippen LogP contribution >= 0.6 is 0 Å². The van der Waals surface area contributed by atoms with Crippen molar-refractivity contribution in [3.63, 3.8) is 0 Å². The van der Waals surface area contributed by atoms with Gasteiger partial charge in [0.15, 0.2) is 5.82 Å². The van der Waals surface area contributed by atoms with Gasteiger partial charge in [0.1, 0.15) is 5.75 Å². The van der Waals surface area contributed by atoms with Crippen molar-refractivity contribution in [2.75, 3.05) is 12.4 Å². The number of hydrogen-bond donors (Lipinski definition) is 2. The molecule has 0 unspecified atom stereocenters. The number of amides is 2. The Hall–Kier alpha value is -3.35. The molecule has 0 fully saturated rings. The highest BCUT2D eigenvalue weighted by Crippen LogP contribution is 2.12. The number of pyridine rings is 1. The van der Waals surface area contributed by atoms with E-state index in [1.54, 1.807) is 42.5 Å². The number of nitrogens with zero attached hydrogens (tertiary/aromatic N) is 3. The van der Waals surface area contributed by atoms with Gasteiger partial charge in [-0.1, -0.05) is 12.1 Å². The number of rotatable bonds is 5. The molecule has 0 radical (unpaired) electrons. The Morgan fingerprint density at radius 2 is 2.17 bits per heavy atom. The van der Waals surface area contributed by atoms with E-state index in [1.807, 2.05) is 30.3 Å². The highest BCUT2D eigenvalue weighted by atomic mass is 16.5. The van der Waals surface area contributed by atoms with Crippen LogP contribution in [0.3, 0.4) is 0 Å². The average molecular weight is 323 g/mol. The van der Waals surface area contributed by atoms with Gasteiger partial charge in [-0.15, -0.1) is 0 Å². The predicted molar refractivity (Wildman–Crippen MR) is 90.2 cm³/mol. The van der Waals surface area contributed by atoms with Crippen LogP contribution in [0.2, 0.25) is 0 Å². The van der Waals surface area contributed by atoms with Crippen LogP contribution in [0, 0.1) is 0 Å². The summed E-state index contributed by atoms with van der Waals surface area (Å²) in [6, 6.07) is 12.6. The van der Waals surface area contributed by atoms with Gasteiger partial charge in [-0.2, -0.15) is 5.10 Å². The third-order valence-electron chi connectivity index (χ3n) is 3.33. The molecule has 2 aromatic heterocycles. The fraction of sp³-hybridized carbons (Fsp3) is 0.118. The number of carbonyl (C=O) groups is 1. The highest BCUT2D eigenvalue weighted by molar-refractivity contribution is 5.89. The summed E-state index contributed by atoms with van der Waals surface area (Å²) in [7, 11) is 1.61. The van der Waals surface area contributed by atoms with Crippen LogP contribution in [0.1, 0.15) is 5.56 Å². The first-order chi connectivity index (χ1) is 11.7. The Kier molecular flexibility index (Phi) is 4.71. The third kappa shape index (κ3) is 3.89. The number of hydrogen-bond acceptors (Lipinski definition) is 4. The first-order valence-electron chi connectivity index (χ1n) is 7.38. The summed E-state index contributed by atoms with van der Waals surface area (Å²) in [6.45, 7) is 0.405. The van der Waals surface area contributed by atoms with Gasteiger partial charge in [-0.3, -0.25) is 0 Å². The topological polar surface area (TPSA) is 81.1 Å². The predicted octanol–water partition coefficient (Wildman–Crippen LogP) is 2.60. The summed E-state index contributed by atoms with van der Waals surface area (Å²) in [4.78, 5) is 16.2. The van der Waals surface area contributed by atoms with E-state index >= 15 is 0 Å². The molecule has 2 N–H and O–H groups in total. The van der Waals surface area contributed by atoms with E-state index in [4.69, 9.17) is 4.74 Å². The zero-order valence-electron chi connectivity index (χ0n) is 13.1. The minimum Gasteiger partial charge on any atom is -0.497 e. The normalized spacial score (nSPS) is 10.2. The largest absolute Gasteiger partial charge is 0.497 e. The van der Waals surface area contributed by atoms with Gasteiger partial charge in [0, 0.05) is 18.9 Å². The maximum atomic E-state index is 12.0. The molecule has 2 amide bonds. The molecule has 0 aliphatic heterocycles. The maximum Gasteiger partial charge on any atom is 0.319 e. The van der Waals surface area contributed by atoms with Crippen molar-refractivity contribution in [3.8, 4) is 11.6 Å². The molecule has 0 aliphatic carbocycles. The van der Waals surface area contributed by atoms with Crippen LogP contribution < -0.4 is 15.4 Å². The number of ether oxygens (including phenoxy) is 1. The average Bonchev–Trinajstić information content (AvgIpc) is 3.15. The van der Waals surface area contributed by atoms with E-state index in [0.717, 1.165) is 11.3 Å². The Morgan fingerprint density at radius 3 is 2.88 bits per heavy atom. The smallest absolute Gasteiger partial charge is 0.319 e. The minimum atomic E-state index is -0.300. The van der Waals surface area contributed by atoms with E-state index in [-0.39, 0.29) is 6.03 Å². The van der Waals surface area contributed by atoms with E-state index in [0.29, 0.717) is 18.1 Å². The Labute approximate surface area is 139 Å². The van der Waals surface area contributed by atoms with Crippen molar-refractivity contribution in [3.05, 3.63) is 66.6 Å². The molecular weight excluding hydrogens is 306 g/mol. The lowest BCUT2D eigenvalue weighted by molar-refractivity contribution is 0.251. The van der Waals surface area contributed by atoms with Crippen LogP contribution in [0.15, 0.2) is 61.1 Å². The molecule has 0 spiro atoms. The number of aromatic nitrogens is 3. The summed E-state index contributed by atoms with van der Waals surface area (Å²) < 4.78 is 6.80. The van der Waals surface area contributed by atoms with Crippen molar-refractivity contribution in [1.82, 2.24) is 20.1 Å². The molecule has 0 aliphatic rings. The molecule has 1 aromatic carbocycles. The standard InChI is InChI=1S/C17H17N5O2/c1-24-15-5-2-4-13(10-15)11-19-17(23)21-14-6-7-16(18-12-14)22-9-3-8-20-22/h2-10,12H,11H2,1H3,(H2,19,21,23). The second-order valence-corrected chi connectivity index (χ2v) is 5.01. The number of nitrogens with one attached hydrogen (secondary N) is 2. The lowest BCUT2D eigenvalue weighted by Crippen LogP contribution is -2.28. The van der Waals surface area contributed by atoms with Crippen molar-refractivity contribution >= 4 is 11.7 Å². The molecule has 0 saturated carbocycles. The van der Waals surface area contributed by atoms with E-state index in [2.05, 4.69) is 20.7 Å². The number of carbonyl (C=O) groups excluding carboxylic acids is 1. The van der Waals surface area contributed by atoms with Crippen LogP contribution in [0.5, 0.6) is 5.75 Å². The van der Waals surface area contributed by atoms with Gasteiger partial charge in [0.05, 0.1) is 19.0 Å². The molecule has 3 rings (SSSR count). The van der Waals surface area contributed by atoms with Crippen LogP contribution in [-0.2, 0) is 6.54 Å². The van der Waals surface area contributed by atoms with E-state index in [1.165, 1.54) is 0 Å². The molecule has 122 valence electrons. The summed E-state index contributed by atoms with van der Waals surface area (Å²) in [6.07, 6.45) is 5.07. The van der Waals surface area contributed by atoms with E-state index in [9.17, 15) is 4.79 Å². The fourth-order valence-electron chi connectivity index (χ4n) is 2.14. The fourth-order valence-corrected chi connectivity index (χ4v) is 2.14. The number of methoxy groups -OCH3 is 1. The molecule has 0 saturated heterocycles. The summed E-state index contributed by atoms with van der Waals surface area (Å²) in [5.41, 5.74) is 1.56.